The molecule has 0 radical (unpaired) electrons. The summed E-state index contributed by atoms with van der Waals surface area (Å²) in [5, 5.41) is 30.3. The highest BCUT2D eigenvalue weighted by molar-refractivity contribution is 5.82. The highest BCUT2D eigenvalue weighted by Crippen LogP contribution is 2.17. The Morgan fingerprint density at radius 3 is 2.48 bits per heavy atom. The van der Waals surface area contributed by atoms with Gasteiger partial charge in [-0.2, -0.15) is 0 Å². The summed E-state index contributed by atoms with van der Waals surface area (Å²) in [4.78, 5) is 0. The Morgan fingerprint density at radius 2 is 1.76 bits per heavy atom. The summed E-state index contributed by atoms with van der Waals surface area (Å²) < 4.78 is 5.64. The summed E-state index contributed by atoms with van der Waals surface area (Å²) in [5.74, 6) is 0. The fourth-order valence-corrected chi connectivity index (χ4v) is 2.21. The molecule has 4 nitrogen and oxygen atoms in total. The molecule has 114 valence electrons. The molecule has 0 spiro atoms. The third-order valence-electron chi connectivity index (χ3n) is 3.59. The Balaban J connectivity index is 1.91. The van der Waals surface area contributed by atoms with Gasteiger partial charge in [0.25, 0.3) is 0 Å². The van der Waals surface area contributed by atoms with Gasteiger partial charge in [-0.3, -0.25) is 0 Å². The largest absolute Gasteiger partial charge is 0.394 e. The van der Waals surface area contributed by atoms with Gasteiger partial charge in [0.2, 0.25) is 0 Å². The number of hydrogen-bond acceptors (Lipinski definition) is 4. The standard InChI is InChI=1S/C17H22O4/c1-12(17(20)9-16(19)10-18)21-11-13-6-7-14-4-2-3-5-15(14)8-13/h2-8,12,16-20H,9-11H2,1H3/t12-,16+,17-/m0/s1. The molecule has 0 aliphatic carbocycles. The van der Waals surface area contributed by atoms with Crippen molar-refractivity contribution in [1.29, 1.82) is 0 Å². The molecule has 2 aromatic carbocycles. The Labute approximate surface area is 124 Å². The maximum Gasteiger partial charge on any atom is 0.0824 e. The van der Waals surface area contributed by atoms with E-state index in [0.717, 1.165) is 10.9 Å². The molecule has 3 atom stereocenters. The van der Waals surface area contributed by atoms with Crippen LogP contribution in [0.15, 0.2) is 42.5 Å². The first kappa shape index (κ1) is 15.9. The summed E-state index contributed by atoms with van der Waals surface area (Å²) in [6.45, 7) is 1.81. The Kier molecular flexibility index (Phi) is 5.70. The molecule has 2 rings (SSSR count). The number of benzene rings is 2. The second-order valence-electron chi connectivity index (χ2n) is 5.34. The predicted molar refractivity (Wildman–Crippen MR) is 81.9 cm³/mol. The molecule has 3 N–H and O–H groups in total. The van der Waals surface area contributed by atoms with Crippen molar-refractivity contribution in [2.24, 2.45) is 0 Å². The number of rotatable bonds is 7. The van der Waals surface area contributed by atoms with Crippen LogP contribution in [-0.2, 0) is 11.3 Å². The first-order valence-corrected chi connectivity index (χ1v) is 7.16. The fourth-order valence-electron chi connectivity index (χ4n) is 2.21. The third-order valence-corrected chi connectivity index (χ3v) is 3.59. The zero-order valence-corrected chi connectivity index (χ0v) is 12.1. The number of fused-ring (bicyclic) bond motifs is 1. The first-order chi connectivity index (χ1) is 10.1. The first-order valence-electron chi connectivity index (χ1n) is 7.16. The maximum absolute atomic E-state index is 9.87. The van der Waals surface area contributed by atoms with Gasteiger partial charge in [-0.25, -0.2) is 0 Å². The van der Waals surface area contributed by atoms with E-state index >= 15 is 0 Å². The maximum atomic E-state index is 9.87. The van der Waals surface area contributed by atoms with Crippen LogP contribution in [0.5, 0.6) is 0 Å². The van der Waals surface area contributed by atoms with E-state index in [1.807, 2.05) is 24.3 Å². The van der Waals surface area contributed by atoms with Crippen molar-refractivity contribution in [3.8, 4) is 0 Å². The molecule has 0 heterocycles. The number of aliphatic hydroxyl groups excluding tert-OH is 3. The van der Waals surface area contributed by atoms with Crippen LogP contribution in [0.1, 0.15) is 18.9 Å². The zero-order valence-electron chi connectivity index (χ0n) is 12.1. The van der Waals surface area contributed by atoms with E-state index in [-0.39, 0.29) is 13.0 Å². The third kappa shape index (κ3) is 4.51. The topological polar surface area (TPSA) is 69.9 Å². The second kappa shape index (κ2) is 7.52. The fraction of sp³-hybridized carbons (Fsp3) is 0.412. The zero-order chi connectivity index (χ0) is 15.2. The van der Waals surface area contributed by atoms with Crippen LogP contribution in [0.2, 0.25) is 0 Å². The molecule has 0 saturated carbocycles. The lowest BCUT2D eigenvalue weighted by atomic mass is 10.1. The van der Waals surface area contributed by atoms with Crippen molar-refractivity contribution >= 4 is 10.8 Å². The number of aliphatic hydroxyl groups is 3. The molecular formula is C17H22O4. The van der Waals surface area contributed by atoms with E-state index in [9.17, 15) is 10.2 Å². The van der Waals surface area contributed by atoms with E-state index in [2.05, 4.69) is 18.2 Å². The SMILES string of the molecule is C[C@H](OCc1ccc2ccccc2c1)[C@@H](O)C[C@@H](O)CO. The molecular weight excluding hydrogens is 268 g/mol. The van der Waals surface area contributed by atoms with Crippen molar-refractivity contribution in [1.82, 2.24) is 0 Å². The van der Waals surface area contributed by atoms with Gasteiger partial charge in [-0.15, -0.1) is 0 Å². The van der Waals surface area contributed by atoms with Gasteiger partial charge in [-0.05, 0) is 29.3 Å². The molecule has 2 aromatic rings. The van der Waals surface area contributed by atoms with Crippen LogP contribution < -0.4 is 0 Å². The summed E-state index contributed by atoms with van der Waals surface area (Å²) >= 11 is 0. The van der Waals surface area contributed by atoms with Crippen molar-refractivity contribution in [3.05, 3.63) is 48.0 Å². The molecule has 0 saturated heterocycles. The van der Waals surface area contributed by atoms with Crippen LogP contribution in [0, 0.1) is 0 Å². The second-order valence-corrected chi connectivity index (χ2v) is 5.34. The Hall–Kier alpha value is -1.46. The van der Waals surface area contributed by atoms with Crippen LogP contribution in [0.3, 0.4) is 0 Å². The lowest BCUT2D eigenvalue weighted by Gasteiger charge is -2.21. The molecule has 21 heavy (non-hydrogen) atoms. The normalized spacial score (nSPS) is 15.8. The van der Waals surface area contributed by atoms with Crippen LogP contribution in [-0.4, -0.2) is 40.2 Å². The average Bonchev–Trinajstić information content (AvgIpc) is 2.52. The molecule has 0 fully saturated rings. The monoisotopic (exact) mass is 290 g/mol. The van der Waals surface area contributed by atoms with Gasteiger partial charge >= 0.3 is 0 Å². The smallest absolute Gasteiger partial charge is 0.0824 e. The summed E-state index contributed by atoms with van der Waals surface area (Å²) in [6.07, 6.45) is -2.01. The van der Waals surface area contributed by atoms with Gasteiger partial charge in [-0.1, -0.05) is 36.4 Å². The number of hydrogen-bond donors (Lipinski definition) is 3. The quantitative estimate of drug-likeness (QED) is 0.728. The molecule has 0 amide bonds. The van der Waals surface area contributed by atoms with Gasteiger partial charge in [0.15, 0.2) is 0 Å². The lowest BCUT2D eigenvalue weighted by Crippen LogP contribution is -2.31. The van der Waals surface area contributed by atoms with Gasteiger partial charge in [0, 0.05) is 6.42 Å². The number of ether oxygens (including phenoxy) is 1. The molecule has 0 aromatic heterocycles. The van der Waals surface area contributed by atoms with E-state index in [1.165, 1.54) is 5.39 Å². The molecule has 0 unspecified atom stereocenters. The van der Waals surface area contributed by atoms with Crippen molar-refractivity contribution in [2.75, 3.05) is 6.61 Å². The minimum Gasteiger partial charge on any atom is -0.394 e. The molecule has 0 aliphatic heterocycles. The molecule has 0 bridgehead atoms. The van der Waals surface area contributed by atoms with Gasteiger partial charge < -0.3 is 20.1 Å². The van der Waals surface area contributed by atoms with E-state index in [4.69, 9.17) is 9.84 Å². The average molecular weight is 290 g/mol. The van der Waals surface area contributed by atoms with E-state index in [1.54, 1.807) is 6.92 Å². The van der Waals surface area contributed by atoms with Crippen molar-refractivity contribution in [3.63, 3.8) is 0 Å². The molecule has 4 heteroatoms. The summed E-state index contributed by atoms with van der Waals surface area (Å²) in [7, 11) is 0. The van der Waals surface area contributed by atoms with Crippen LogP contribution in [0.25, 0.3) is 10.8 Å². The van der Waals surface area contributed by atoms with E-state index < -0.39 is 18.3 Å². The minimum absolute atomic E-state index is 0.107. The molecule has 0 aliphatic rings. The highest BCUT2D eigenvalue weighted by atomic mass is 16.5. The minimum atomic E-state index is -0.910. The lowest BCUT2D eigenvalue weighted by molar-refractivity contribution is -0.0581. The van der Waals surface area contributed by atoms with Crippen LogP contribution in [0.4, 0.5) is 0 Å². The predicted octanol–water partition coefficient (Wildman–Crippen LogP) is 1.85. The summed E-state index contributed by atoms with van der Waals surface area (Å²) in [5.41, 5.74) is 1.04. The summed E-state index contributed by atoms with van der Waals surface area (Å²) in [6, 6.07) is 14.2. The van der Waals surface area contributed by atoms with Crippen molar-refractivity contribution < 1.29 is 20.1 Å². The van der Waals surface area contributed by atoms with Gasteiger partial charge in [0.05, 0.1) is 31.5 Å². The van der Waals surface area contributed by atoms with Crippen LogP contribution >= 0.6 is 0 Å². The highest BCUT2D eigenvalue weighted by Gasteiger charge is 2.18. The Morgan fingerprint density at radius 1 is 1.05 bits per heavy atom. The van der Waals surface area contributed by atoms with Crippen molar-refractivity contribution in [2.45, 2.75) is 38.3 Å². The van der Waals surface area contributed by atoms with Gasteiger partial charge in [0.1, 0.15) is 0 Å². The Bertz CT molecular complexity index is 569. The van der Waals surface area contributed by atoms with E-state index in [0.29, 0.717) is 6.61 Å².